The van der Waals surface area contributed by atoms with Crippen LogP contribution < -0.4 is 0 Å². The molecule has 19 heavy (non-hydrogen) atoms. The van der Waals surface area contributed by atoms with Gasteiger partial charge in [-0.3, -0.25) is 4.79 Å². The molecule has 0 saturated heterocycles. The van der Waals surface area contributed by atoms with Gasteiger partial charge in [-0.15, -0.1) is 0 Å². The summed E-state index contributed by atoms with van der Waals surface area (Å²) >= 11 is 0. The Balaban J connectivity index is 2.07. The van der Waals surface area contributed by atoms with Gasteiger partial charge in [0.15, 0.2) is 5.78 Å². The van der Waals surface area contributed by atoms with E-state index in [1.54, 1.807) is 6.33 Å². The summed E-state index contributed by atoms with van der Waals surface area (Å²) < 4.78 is 3.90. The van der Waals surface area contributed by atoms with E-state index in [1.807, 2.05) is 34.6 Å². The van der Waals surface area contributed by atoms with Gasteiger partial charge in [-0.1, -0.05) is 13.8 Å². The summed E-state index contributed by atoms with van der Waals surface area (Å²) in [5.41, 5.74) is 0.781. The summed E-state index contributed by atoms with van der Waals surface area (Å²) in [4.78, 5) is 16.0. The second kappa shape index (κ2) is 6.31. The number of nitrogens with zero attached hydrogens (tertiary/aromatic N) is 4. The van der Waals surface area contributed by atoms with Crippen LogP contribution in [0.1, 0.15) is 49.3 Å². The van der Waals surface area contributed by atoms with Gasteiger partial charge < -0.3 is 4.57 Å². The zero-order chi connectivity index (χ0) is 13.7. The molecule has 0 unspecified atom stereocenters. The number of aromatic nitrogens is 4. The van der Waals surface area contributed by atoms with Crippen molar-refractivity contribution in [2.24, 2.45) is 0 Å². The third-order valence-corrected chi connectivity index (χ3v) is 3.00. The van der Waals surface area contributed by atoms with Crippen LogP contribution in [0.3, 0.4) is 0 Å². The number of carbonyl (C=O) groups excluding carboxylic acids is 1. The minimum absolute atomic E-state index is 0.205. The van der Waals surface area contributed by atoms with Crippen molar-refractivity contribution in [2.75, 3.05) is 0 Å². The van der Waals surface area contributed by atoms with Gasteiger partial charge in [-0.05, 0) is 18.9 Å². The summed E-state index contributed by atoms with van der Waals surface area (Å²) in [6, 6.07) is 1.87. The molecule has 0 N–H and O–H groups in total. The Morgan fingerprint density at radius 2 is 2.16 bits per heavy atom. The molecule has 0 aliphatic rings. The van der Waals surface area contributed by atoms with Crippen molar-refractivity contribution in [3.8, 4) is 0 Å². The lowest BCUT2D eigenvalue weighted by Crippen LogP contribution is -2.09. The van der Waals surface area contributed by atoms with E-state index < -0.39 is 0 Å². The maximum Gasteiger partial charge on any atom is 0.164 e. The third-order valence-electron chi connectivity index (χ3n) is 3.00. The summed E-state index contributed by atoms with van der Waals surface area (Å²) in [5, 5.41) is 4.20. The van der Waals surface area contributed by atoms with Crippen LogP contribution >= 0.6 is 0 Å². The van der Waals surface area contributed by atoms with Gasteiger partial charge in [0.2, 0.25) is 0 Å². The van der Waals surface area contributed by atoms with E-state index >= 15 is 0 Å². The SMILES string of the molecule is CCCC(=O)c1ccn(Cc2ncnn2CCC)c1. The van der Waals surface area contributed by atoms with Crippen molar-refractivity contribution in [1.29, 1.82) is 0 Å². The molecule has 0 saturated carbocycles. The van der Waals surface area contributed by atoms with E-state index in [4.69, 9.17) is 0 Å². The molecule has 0 bridgehead atoms. The lowest BCUT2D eigenvalue weighted by atomic mass is 10.1. The Bertz CT molecular complexity index is 541. The first-order valence-corrected chi connectivity index (χ1v) is 6.80. The van der Waals surface area contributed by atoms with Crippen LogP contribution in [0.5, 0.6) is 0 Å². The molecule has 0 fully saturated rings. The maximum absolute atomic E-state index is 11.8. The van der Waals surface area contributed by atoms with Gasteiger partial charge in [0.05, 0.1) is 6.54 Å². The quantitative estimate of drug-likeness (QED) is 0.719. The molecule has 102 valence electrons. The molecule has 0 radical (unpaired) electrons. The van der Waals surface area contributed by atoms with Crippen molar-refractivity contribution in [3.63, 3.8) is 0 Å². The molecule has 5 nitrogen and oxygen atoms in total. The van der Waals surface area contributed by atoms with Gasteiger partial charge >= 0.3 is 0 Å². The monoisotopic (exact) mass is 260 g/mol. The van der Waals surface area contributed by atoms with E-state index in [0.29, 0.717) is 13.0 Å². The lowest BCUT2D eigenvalue weighted by Gasteiger charge is -2.05. The molecular formula is C14H20N4O. The standard InChI is InChI=1S/C14H20N4O/c1-3-5-13(19)12-6-8-17(9-12)10-14-15-11-16-18(14)7-4-2/h6,8-9,11H,3-5,7,10H2,1-2H3. The number of aryl methyl sites for hydroxylation is 1. The number of carbonyl (C=O) groups is 1. The van der Waals surface area contributed by atoms with Gasteiger partial charge in [0, 0.05) is 30.9 Å². The van der Waals surface area contributed by atoms with Gasteiger partial charge in [-0.2, -0.15) is 5.10 Å². The number of rotatable bonds is 7. The van der Waals surface area contributed by atoms with Gasteiger partial charge in [0.25, 0.3) is 0 Å². The summed E-state index contributed by atoms with van der Waals surface area (Å²) in [5.74, 6) is 1.13. The first-order chi connectivity index (χ1) is 9.24. The molecule has 2 aromatic rings. The number of Topliss-reactive ketones (excluding diaryl/α,β-unsaturated/α-hetero) is 1. The van der Waals surface area contributed by atoms with E-state index in [1.165, 1.54) is 0 Å². The predicted octanol–water partition coefficient (Wildman–Crippen LogP) is 2.52. The van der Waals surface area contributed by atoms with E-state index in [2.05, 4.69) is 17.0 Å². The number of hydrogen-bond acceptors (Lipinski definition) is 3. The largest absolute Gasteiger partial charge is 0.346 e. The van der Waals surface area contributed by atoms with Crippen LogP contribution in [0.4, 0.5) is 0 Å². The molecular weight excluding hydrogens is 240 g/mol. The highest BCUT2D eigenvalue weighted by molar-refractivity contribution is 5.95. The highest BCUT2D eigenvalue weighted by Gasteiger charge is 2.08. The predicted molar refractivity (Wildman–Crippen MR) is 73.1 cm³/mol. The molecule has 2 rings (SSSR count). The van der Waals surface area contributed by atoms with Gasteiger partial charge in [0.1, 0.15) is 12.2 Å². The topological polar surface area (TPSA) is 52.7 Å². The molecule has 0 aliphatic heterocycles. The number of hydrogen-bond donors (Lipinski definition) is 0. The first-order valence-electron chi connectivity index (χ1n) is 6.80. The second-order valence-corrected chi connectivity index (χ2v) is 4.65. The molecule has 0 amide bonds. The van der Waals surface area contributed by atoms with E-state index in [9.17, 15) is 4.79 Å². The zero-order valence-electron chi connectivity index (χ0n) is 11.5. The van der Waals surface area contributed by atoms with E-state index in [-0.39, 0.29) is 5.78 Å². The Hall–Kier alpha value is -1.91. The summed E-state index contributed by atoms with van der Waals surface area (Å²) in [6.45, 7) is 5.66. The normalized spacial score (nSPS) is 10.8. The van der Waals surface area contributed by atoms with Crippen LogP contribution in [0.15, 0.2) is 24.8 Å². The van der Waals surface area contributed by atoms with Crippen LogP contribution in [0.2, 0.25) is 0 Å². The molecule has 0 aliphatic carbocycles. The van der Waals surface area contributed by atoms with Crippen molar-refractivity contribution < 1.29 is 4.79 Å². The minimum atomic E-state index is 0.205. The maximum atomic E-state index is 11.8. The highest BCUT2D eigenvalue weighted by atomic mass is 16.1. The summed E-state index contributed by atoms with van der Waals surface area (Å²) in [6.07, 6.45) is 7.92. The van der Waals surface area contributed by atoms with Crippen molar-refractivity contribution in [1.82, 2.24) is 19.3 Å². The lowest BCUT2D eigenvalue weighted by molar-refractivity contribution is 0.0981. The third kappa shape index (κ3) is 3.30. The zero-order valence-corrected chi connectivity index (χ0v) is 11.5. The molecule has 0 spiro atoms. The van der Waals surface area contributed by atoms with Crippen molar-refractivity contribution in [2.45, 2.75) is 46.2 Å². The number of ketones is 1. The van der Waals surface area contributed by atoms with Crippen molar-refractivity contribution in [3.05, 3.63) is 36.2 Å². The fourth-order valence-corrected chi connectivity index (χ4v) is 2.05. The van der Waals surface area contributed by atoms with Crippen LogP contribution in [0, 0.1) is 0 Å². The molecule has 0 aromatic carbocycles. The van der Waals surface area contributed by atoms with Crippen LogP contribution in [-0.2, 0) is 13.1 Å². The fourth-order valence-electron chi connectivity index (χ4n) is 2.05. The Kier molecular flexibility index (Phi) is 4.49. The van der Waals surface area contributed by atoms with E-state index in [0.717, 1.165) is 30.8 Å². The average molecular weight is 260 g/mol. The molecule has 0 atom stereocenters. The Labute approximate surface area is 113 Å². The van der Waals surface area contributed by atoms with Crippen molar-refractivity contribution >= 4 is 5.78 Å². The average Bonchev–Trinajstić information content (AvgIpc) is 3.01. The molecule has 2 heterocycles. The molecule has 2 aromatic heterocycles. The Morgan fingerprint density at radius 1 is 1.32 bits per heavy atom. The van der Waals surface area contributed by atoms with Crippen LogP contribution in [-0.4, -0.2) is 25.1 Å². The minimum Gasteiger partial charge on any atom is -0.346 e. The second-order valence-electron chi connectivity index (χ2n) is 4.65. The molecule has 5 heteroatoms. The van der Waals surface area contributed by atoms with Gasteiger partial charge in [-0.25, -0.2) is 9.67 Å². The van der Waals surface area contributed by atoms with Crippen LogP contribution in [0.25, 0.3) is 0 Å². The Morgan fingerprint density at radius 3 is 2.89 bits per heavy atom. The first kappa shape index (κ1) is 13.5. The smallest absolute Gasteiger partial charge is 0.164 e. The highest BCUT2D eigenvalue weighted by Crippen LogP contribution is 2.08. The fraction of sp³-hybridized carbons (Fsp3) is 0.500. The summed E-state index contributed by atoms with van der Waals surface area (Å²) in [7, 11) is 0.